The van der Waals surface area contributed by atoms with Crippen LogP contribution in [0.5, 0.6) is 0 Å². The van der Waals surface area contributed by atoms with Gasteiger partial charge in [0.05, 0.1) is 17.6 Å². The Morgan fingerprint density at radius 1 is 1.13 bits per heavy atom. The predicted molar refractivity (Wildman–Crippen MR) is 91.3 cm³/mol. The first-order valence-corrected chi connectivity index (χ1v) is 8.04. The Morgan fingerprint density at radius 2 is 2.09 bits per heavy atom. The topological polar surface area (TPSA) is 79.4 Å². The van der Waals surface area contributed by atoms with Crippen LogP contribution < -0.4 is 5.32 Å². The molecule has 114 valence electrons. The van der Waals surface area contributed by atoms with Gasteiger partial charge < -0.3 is 10.3 Å². The number of hydrogen-bond donors (Lipinski definition) is 2. The van der Waals surface area contributed by atoms with E-state index in [2.05, 4.69) is 43.5 Å². The number of fused-ring (bicyclic) bond motifs is 1. The molecule has 0 amide bonds. The van der Waals surface area contributed by atoms with Crippen LogP contribution in [0.4, 0.5) is 5.13 Å². The fourth-order valence-electron chi connectivity index (χ4n) is 2.36. The zero-order valence-corrected chi connectivity index (χ0v) is 13.3. The molecular formula is C16H14N6S. The Kier molecular flexibility index (Phi) is 3.47. The van der Waals surface area contributed by atoms with Crippen molar-refractivity contribution in [3.63, 3.8) is 0 Å². The van der Waals surface area contributed by atoms with Gasteiger partial charge in [0.15, 0.2) is 5.01 Å². The van der Waals surface area contributed by atoms with Crippen molar-refractivity contribution in [3.05, 3.63) is 54.0 Å². The van der Waals surface area contributed by atoms with Crippen molar-refractivity contribution >= 4 is 27.5 Å². The standard InChI is InChI=1S/C16H14N6S/c1-10-5-4-7-11-14(10)20-13(19-11)9-18-16-22-21-15(23-16)12-6-2-3-8-17-12/h2-8H,9H2,1H3,(H,18,22)(H,19,20). The van der Waals surface area contributed by atoms with Gasteiger partial charge in [-0.1, -0.05) is 29.5 Å². The van der Waals surface area contributed by atoms with Crippen LogP contribution in [0.1, 0.15) is 11.4 Å². The van der Waals surface area contributed by atoms with Crippen LogP contribution in [0.2, 0.25) is 0 Å². The Balaban J connectivity index is 1.50. The third-order valence-corrected chi connectivity index (χ3v) is 4.38. The van der Waals surface area contributed by atoms with Crippen LogP contribution in [0.3, 0.4) is 0 Å². The molecule has 0 aliphatic carbocycles. The van der Waals surface area contributed by atoms with Gasteiger partial charge >= 0.3 is 0 Å². The van der Waals surface area contributed by atoms with Crippen LogP contribution in [-0.2, 0) is 6.54 Å². The molecule has 0 radical (unpaired) electrons. The zero-order valence-electron chi connectivity index (χ0n) is 12.4. The van der Waals surface area contributed by atoms with Crippen molar-refractivity contribution in [1.29, 1.82) is 0 Å². The lowest BCUT2D eigenvalue weighted by Gasteiger charge is -1.97. The first kappa shape index (κ1) is 13.8. The molecule has 0 saturated carbocycles. The van der Waals surface area contributed by atoms with Crippen molar-refractivity contribution in [2.24, 2.45) is 0 Å². The van der Waals surface area contributed by atoms with Gasteiger partial charge in [-0.3, -0.25) is 4.98 Å². The monoisotopic (exact) mass is 322 g/mol. The first-order valence-electron chi connectivity index (χ1n) is 7.22. The maximum absolute atomic E-state index is 4.62. The van der Waals surface area contributed by atoms with E-state index < -0.39 is 0 Å². The third-order valence-electron chi connectivity index (χ3n) is 3.48. The van der Waals surface area contributed by atoms with E-state index in [0.29, 0.717) is 6.54 Å². The highest BCUT2D eigenvalue weighted by Gasteiger charge is 2.09. The number of rotatable bonds is 4. The maximum Gasteiger partial charge on any atom is 0.206 e. The molecule has 3 aromatic heterocycles. The molecule has 7 heteroatoms. The van der Waals surface area contributed by atoms with E-state index in [0.717, 1.165) is 32.7 Å². The number of anilines is 1. The number of aromatic nitrogens is 5. The average molecular weight is 322 g/mol. The summed E-state index contributed by atoms with van der Waals surface area (Å²) in [5, 5.41) is 13.1. The molecule has 0 bridgehead atoms. The number of aromatic amines is 1. The summed E-state index contributed by atoms with van der Waals surface area (Å²) in [6.45, 7) is 2.63. The van der Waals surface area contributed by atoms with E-state index in [4.69, 9.17) is 0 Å². The fourth-order valence-corrected chi connectivity index (χ4v) is 3.07. The molecule has 2 N–H and O–H groups in total. The Labute approximate surface area is 136 Å². The number of imidazole rings is 1. The number of nitrogens with one attached hydrogen (secondary N) is 2. The molecule has 4 aromatic rings. The Morgan fingerprint density at radius 3 is 2.91 bits per heavy atom. The van der Waals surface area contributed by atoms with E-state index in [9.17, 15) is 0 Å². The van der Waals surface area contributed by atoms with Crippen LogP contribution in [0.25, 0.3) is 21.7 Å². The summed E-state index contributed by atoms with van der Waals surface area (Å²) in [7, 11) is 0. The van der Waals surface area contributed by atoms with Crippen molar-refractivity contribution < 1.29 is 0 Å². The maximum atomic E-state index is 4.62. The van der Waals surface area contributed by atoms with Crippen LogP contribution in [0.15, 0.2) is 42.6 Å². The lowest BCUT2D eigenvalue weighted by Crippen LogP contribution is -2.00. The third kappa shape index (κ3) is 2.78. The number of hydrogen-bond acceptors (Lipinski definition) is 6. The zero-order chi connectivity index (χ0) is 15.6. The smallest absolute Gasteiger partial charge is 0.206 e. The summed E-state index contributed by atoms with van der Waals surface area (Å²) >= 11 is 1.48. The molecule has 4 rings (SSSR count). The van der Waals surface area contributed by atoms with E-state index in [1.54, 1.807) is 6.20 Å². The minimum atomic E-state index is 0.574. The van der Waals surface area contributed by atoms with Crippen molar-refractivity contribution in [2.75, 3.05) is 5.32 Å². The number of aryl methyl sites for hydroxylation is 1. The molecule has 3 heterocycles. The largest absolute Gasteiger partial charge is 0.353 e. The minimum absolute atomic E-state index is 0.574. The van der Waals surface area contributed by atoms with Crippen LogP contribution in [0, 0.1) is 6.92 Å². The molecule has 6 nitrogen and oxygen atoms in total. The second-order valence-electron chi connectivity index (χ2n) is 5.14. The average Bonchev–Trinajstić information content (AvgIpc) is 3.21. The van der Waals surface area contributed by atoms with Gasteiger partial charge in [0.1, 0.15) is 11.5 Å². The summed E-state index contributed by atoms with van der Waals surface area (Å²) in [6, 6.07) is 11.9. The quantitative estimate of drug-likeness (QED) is 0.602. The number of para-hydroxylation sites is 1. The highest BCUT2D eigenvalue weighted by Crippen LogP contribution is 2.24. The second kappa shape index (κ2) is 5.77. The summed E-state index contributed by atoms with van der Waals surface area (Å²) in [5.74, 6) is 0.879. The lowest BCUT2D eigenvalue weighted by molar-refractivity contribution is 0.987. The van der Waals surface area contributed by atoms with Gasteiger partial charge in [-0.25, -0.2) is 4.98 Å². The lowest BCUT2D eigenvalue weighted by atomic mass is 10.2. The summed E-state index contributed by atoms with van der Waals surface area (Å²) in [5.41, 5.74) is 4.06. The number of pyridine rings is 1. The normalized spacial score (nSPS) is 11.0. The van der Waals surface area contributed by atoms with E-state index in [1.165, 1.54) is 16.9 Å². The van der Waals surface area contributed by atoms with Gasteiger partial charge in [-0.05, 0) is 30.7 Å². The van der Waals surface area contributed by atoms with E-state index in [-0.39, 0.29) is 0 Å². The number of nitrogens with zero attached hydrogens (tertiary/aromatic N) is 4. The molecule has 1 aromatic carbocycles. The molecule has 0 atom stereocenters. The van der Waals surface area contributed by atoms with Gasteiger partial charge in [0.25, 0.3) is 0 Å². The highest BCUT2D eigenvalue weighted by molar-refractivity contribution is 7.18. The molecule has 0 unspecified atom stereocenters. The number of benzene rings is 1. The molecule has 0 fully saturated rings. The SMILES string of the molecule is Cc1cccc2[nH]c(CNc3nnc(-c4ccccn4)s3)nc12. The fraction of sp³-hybridized carbons (Fsp3) is 0.125. The summed E-state index contributed by atoms with van der Waals surface area (Å²) in [4.78, 5) is 12.2. The summed E-state index contributed by atoms with van der Waals surface area (Å²) < 4.78 is 0. The second-order valence-corrected chi connectivity index (χ2v) is 6.11. The van der Waals surface area contributed by atoms with Gasteiger partial charge in [-0.2, -0.15) is 0 Å². The molecule has 0 aliphatic rings. The van der Waals surface area contributed by atoms with Crippen molar-refractivity contribution in [1.82, 2.24) is 25.1 Å². The van der Waals surface area contributed by atoms with E-state index in [1.807, 2.05) is 30.3 Å². The molecule has 0 saturated heterocycles. The van der Waals surface area contributed by atoms with Crippen LogP contribution >= 0.6 is 11.3 Å². The van der Waals surface area contributed by atoms with Crippen LogP contribution in [-0.4, -0.2) is 25.1 Å². The number of H-pyrrole nitrogens is 1. The van der Waals surface area contributed by atoms with E-state index >= 15 is 0 Å². The Bertz CT molecular complexity index is 944. The van der Waals surface area contributed by atoms with Gasteiger partial charge in [-0.15, -0.1) is 10.2 Å². The highest BCUT2D eigenvalue weighted by atomic mass is 32.1. The van der Waals surface area contributed by atoms with Crippen molar-refractivity contribution in [3.8, 4) is 10.7 Å². The van der Waals surface area contributed by atoms with Gasteiger partial charge in [0.2, 0.25) is 5.13 Å². The van der Waals surface area contributed by atoms with Crippen molar-refractivity contribution in [2.45, 2.75) is 13.5 Å². The molecule has 23 heavy (non-hydrogen) atoms. The molecule has 0 spiro atoms. The van der Waals surface area contributed by atoms with Gasteiger partial charge in [0, 0.05) is 6.20 Å². The Hall–Kier alpha value is -2.80. The predicted octanol–water partition coefficient (Wildman–Crippen LogP) is 3.40. The molecular weight excluding hydrogens is 308 g/mol. The first-order chi connectivity index (χ1) is 11.3. The molecule has 0 aliphatic heterocycles. The summed E-state index contributed by atoms with van der Waals surface area (Å²) in [6.07, 6.45) is 1.75. The minimum Gasteiger partial charge on any atom is -0.353 e.